The second kappa shape index (κ2) is 10.2. The predicted molar refractivity (Wildman–Crippen MR) is 208 cm³/mol. The molecule has 11 aromatic rings. The highest BCUT2D eigenvalue weighted by molar-refractivity contribution is 7.25. The molecule has 49 heavy (non-hydrogen) atoms. The Morgan fingerprint density at radius 2 is 0.980 bits per heavy atom. The first-order chi connectivity index (χ1) is 24.3. The van der Waals surface area contributed by atoms with Crippen molar-refractivity contribution in [3.8, 4) is 33.6 Å². The summed E-state index contributed by atoms with van der Waals surface area (Å²) in [5.74, 6) is 0.856. The van der Waals surface area contributed by atoms with Crippen molar-refractivity contribution in [3.63, 3.8) is 0 Å². The minimum Gasteiger partial charge on any atom is -0.455 e. The van der Waals surface area contributed by atoms with Crippen molar-refractivity contribution in [2.45, 2.75) is 0 Å². The first kappa shape index (κ1) is 26.9. The fourth-order valence-corrected chi connectivity index (χ4v) is 9.14. The van der Waals surface area contributed by atoms with Crippen LogP contribution in [0.3, 0.4) is 0 Å². The van der Waals surface area contributed by atoms with Gasteiger partial charge in [-0.2, -0.15) is 0 Å². The number of fused-ring (bicyclic) bond motifs is 10. The van der Waals surface area contributed by atoms with Gasteiger partial charge in [-0.15, -0.1) is 11.3 Å². The molecule has 3 heteroatoms. The highest BCUT2D eigenvalue weighted by Crippen LogP contribution is 2.49. The number of rotatable bonds is 3. The maximum Gasteiger partial charge on any atom is 0.146 e. The molecule has 228 valence electrons. The number of hydrogen-bond donors (Lipinski definition) is 0. The molecule has 8 aromatic carbocycles. The lowest BCUT2D eigenvalue weighted by Gasteiger charge is -2.18. The zero-order valence-corrected chi connectivity index (χ0v) is 27.1. The number of thiophene rings is 1. The molecule has 3 aromatic heterocycles. The summed E-state index contributed by atoms with van der Waals surface area (Å²) in [7, 11) is 0. The molecule has 0 aliphatic rings. The quantitative estimate of drug-likeness (QED) is 0.179. The van der Waals surface area contributed by atoms with Crippen LogP contribution in [0, 0.1) is 0 Å². The number of benzene rings is 8. The van der Waals surface area contributed by atoms with Crippen LogP contribution in [0.4, 0.5) is 0 Å². The highest BCUT2D eigenvalue weighted by atomic mass is 32.1. The third-order valence-electron chi connectivity index (χ3n) is 10.1. The van der Waals surface area contributed by atoms with Gasteiger partial charge in [-0.1, -0.05) is 127 Å². The van der Waals surface area contributed by atoms with Gasteiger partial charge >= 0.3 is 0 Å². The van der Waals surface area contributed by atoms with E-state index in [0.717, 1.165) is 49.8 Å². The van der Waals surface area contributed by atoms with E-state index in [-0.39, 0.29) is 0 Å². The maximum atomic E-state index is 6.81. The van der Waals surface area contributed by atoms with Crippen LogP contribution in [0.1, 0.15) is 0 Å². The summed E-state index contributed by atoms with van der Waals surface area (Å²) in [6.45, 7) is 0. The summed E-state index contributed by atoms with van der Waals surface area (Å²) >= 11 is 1.87. The number of hydrogen-bond acceptors (Lipinski definition) is 3. The molecular formula is C46H26O2S. The van der Waals surface area contributed by atoms with E-state index in [1.807, 2.05) is 29.5 Å². The lowest BCUT2D eigenvalue weighted by atomic mass is 9.84. The fourth-order valence-electron chi connectivity index (χ4n) is 8.01. The van der Waals surface area contributed by atoms with E-state index < -0.39 is 0 Å². The molecule has 0 bridgehead atoms. The minimum absolute atomic E-state index is 0.824. The van der Waals surface area contributed by atoms with Gasteiger partial charge in [0.2, 0.25) is 0 Å². The predicted octanol–water partition coefficient (Wildman–Crippen LogP) is 14.0. The normalized spacial score (nSPS) is 12.1. The second-order valence-electron chi connectivity index (χ2n) is 12.7. The molecule has 0 unspecified atom stereocenters. The lowest BCUT2D eigenvalue weighted by Crippen LogP contribution is -1.91. The van der Waals surface area contributed by atoms with Crippen LogP contribution in [-0.2, 0) is 0 Å². The topological polar surface area (TPSA) is 26.3 Å². The van der Waals surface area contributed by atoms with Gasteiger partial charge in [0.25, 0.3) is 0 Å². The fraction of sp³-hybridized carbons (Fsp3) is 0. The smallest absolute Gasteiger partial charge is 0.146 e. The van der Waals surface area contributed by atoms with Crippen molar-refractivity contribution in [2.75, 3.05) is 0 Å². The van der Waals surface area contributed by atoms with E-state index in [4.69, 9.17) is 8.83 Å². The van der Waals surface area contributed by atoms with Crippen molar-refractivity contribution in [1.29, 1.82) is 0 Å². The minimum atomic E-state index is 0.824. The molecule has 0 N–H and O–H groups in total. The number of para-hydroxylation sites is 1. The molecule has 0 radical (unpaired) electrons. The molecule has 0 aliphatic heterocycles. The molecule has 0 saturated heterocycles. The summed E-state index contributed by atoms with van der Waals surface area (Å²) in [4.78, 5) is 0. The molecular weight excluding hydrogens is 617 g/mol. The molecule has 0 spiro atoms. The zero-order chi connectivity index (χ0) is 32.1. The molecule has 0 aliphatic carbocycles. The van der Waals surface area contributed by atoms with Crippen LogP contribution in [-0.4, -0.2) is 0 Å². The van der Waals surface area contributed by atoms with E-state index in [9.17, 15) is 0 Å². The lowest BCUT2D eigenvalue weighted by molar-refractivity contribution is 0.633. The van der Waals surface area contributed by atoms with Gasteiger partial charge in [0.05, 0.1) is 5.39 Å². The Morgan fingerprint density at radius 1 is 0.388 bits per heavy atom. The summed E-state index contributed by atoms with van der Waals surface area (Å²) in [5, 5.41) is 10.6. The van der Waals surface area contributed by atoms with Crippen molar-refractivity contribution in [2.24, 2.45) is 0 Å². The van der Waals surface area contributed by atoms with Gasteiger partial charge in [0.15, 0.2) is 0 Å². The summed E-state index contributed by atoms with van der Waals surface area (Å²) in [5.41, 5.74) is 8.41. The van der Waals surface area contributed by atoms with Gasteiger partial charge in [-0.3, -0.25) is 0 Å². The Morgan fingerprint density at radius 3 is 1.73 bits per heavy atom. The van der Waals surface area contributed by atoms with Crippen molar-refractivity contribution >= 4 is 86.0 Å². The number of furan rings is 2. The van der Waals surface area contributed by atoms with Crippen molar-refractivity contribution in [3.05, 3.63) is 158 Å². The highest BCUT2D eigenvalue weighted by Gasteiger charge is 2.23. The van der Waals surface area contributed by atoms with E-state index in [1.165, 1.54) is 58.4 Å². The largest absolute Gasteiger partial charge is 0.455 e. The van der Waals surface area contributed by atoms with Crippen LogP contribution in [0.5, 0.6) is 0 Å². The van der Waals surface area contributed by atoms with Gasteiger partial charge < -0.3 is 8.83 Å². The van der Waals surface area contributed by atoms with Gasteiger partial charge in [-0.05, 0) is 63.0 Å². The Bertz CT molecular complexity index is 3050. The average Bonchev–Trinajstić information content (AvgIpc) is 3.87. The Balaban J connectivity index is 1.23. The molecule has 0 saturated carbocycles. The molecule has 0 amide bonds. The summed E-state index contributed by atoms with van der Waals surface area (Å²) < 4.78 is 16.0. The standard InChI is InChI=1S/C46H26O2S/c1-2-12-27(13-3-1)38-26-28-24-25-37-44(45(28)48-38)36-21-10-20-35(46(36)47-37)42-31-16-6-4-14-29(31)41(30-15-5-7-17-32(30)42)34-19-11-23-40-43(34)33-18-8-9-22-39(33)49-40/h1-26H. The first-order valence-corrected chi connectivity index (χ1v) is 17.4. The monoisotopic (exact) mass is 642 g/mol. The van der Waals surface area contributed by atoms with E-state index in [0.29, 0.717) is 0 Å². The molecule has 11 rings (SSSR count). The van der Waals surface area contributed by atoms with Crippen LogP contribution in [0.2, 0.25) is 0 Å². The molecule has 2 nitrogen and oxygen atoms in total. The zero-order valence-electron chi connectivity index (χ0n) is 26.2. The Hall–Kier alpha value is -6.16. The molecule has 0 fully saturated rings. The Kier molecular flexibility index (Phi) is 5.57. The van der Waals surface area contributed by atoms with E-state index in [2.05, 4.69) is 140 Å². The maximum absolute atomic E-state index is 6.81. The van der Waals surface area contributed by atoms with Crippen molar-refractivity contribution in [1.82, 2.24) is 0 Å². The third kappa shape index (κ3) is 3.82. The van der Waals surface area contributed by atoms with Crippen LogP contribution in [0.25, 0.3) is 108 Å². The summed E-state index contributed by atoms with van der Waals surface area (Å²) in [6.07, 6.45) is 0. The molecule has 0 atom stereocenters. The van der Waals surface area contributed by atoms with E-state index >= 15 is 0 Å². The average molecular weight is 643 g/mol. The van der Waals surface area contributed by atoms with Gasteiger partial charge in [-0.25, -0.2) is 0 Å². The van der Waals surface area contributed by atoms with Crippen LogP contribution in [0.15, 0.2) is 167 Å². The summed E-state index contributed by atoms with van der Waals surface area (Å²) in [6, 6.07) is 56.4. The van der Waals surface area contributed by atoms with Crippen molar-refractivity contribution < 1.29 is 8.83 Å². The third-order valence-corrected chi connectivity index (χ3v) is 11.2. The van der Waals surface area contributed by atoms with E-state index in [1.54, 1.807) is 0 Å². The van der Waals surface area contributed by atoms with Gasteiger partial charge in [0, 0.05) is 47.6 Å². The van der Waals surface area contributed by atoms with Crippen LogP contribution >= 0.6 is 11.3 Å². The second-order valence-corrected chi connectivity index (χ2v) is 13.8. The first-order valence-electron chi connectivity index (χ1n) is 16.6. The van der Waals surface area contributed by atoms with Crippen LogP contribution < -0.4 is 0 Å². The Labute approximate surface area is 285 Å². The molecule has 3 heterocycles. The SMILES string of the molecule is c1ccc(-c2cc3ccc4oc5c(-c6c7ccccc7c(-c7cccc8sc9ccccc9c78)c7ccccc67)cccc5c4c3o2)cc1. The van der Waals surface area contributed by atoms with Gasteiger partial charge in [0.1, 0.15) is 22.5 Å².